The predicted molar refractivity (Wildman–Crippen MR) is 77.8 cm³/mol. The Kier molecular flexibility index (Phi) is 5.01. The fourth-order valence-corrected chi connectivity index (χ4v) is 2.42. The number of rotatable bonds is 7. The second kappa shape index (κ2) is 6.75. The summed E-state index contributed by atoms with van der Waals surface area (Å²) in [6.45, 7) is 4.91. The van der Waals surface area contributed by atoms with E-state index in [1.165, 1.54) is 0 Å². The average molecular weight is 277 g/mol. The van der Waals surface area contributed by atoms with Gasteiger partial charge in [0.2, 0.25) is 5.91 Å². The van der Waals surface area contributed by atoms with Crippen LogP contribution in [0.2, 0.25) is 0 Å². The van der Waals surface area contributed by atoms with Crippen molar-refractivity contribution < 1.29 is 14.6 Å². The van der Waals surface area contributed by atoms with Crippen molar-refractivity contribution in [3.63, 3.8) is 0 Å². The van der Waals surface area contributed by atoms with E-state index in [2.05, 4.69) is 6.07 Å². The average Bonchev–Trinajstić information content (AvgIpc) is 3.18. The van der Waals surface area contributed by atoms with E-state index in [9.17, 15) is 4.79 Å². The minimum Gasteiger partial charge on any atom is -0.493 e. The van der Waals surface area contributed by atoms with Crippen LogP contribution in [-0.2, 0) is 4.79 Å². The maximum absolute atomic E-state index is 12.1. The molecule has 2 rings (SSSR count). The molecule has 110 valence electrons. The van der Waals surface area contributed by atoms with Crippen LogP contribution < -0.4 is 4.74 Å². The van der Waals surface area contributed by atoms with Gasteiger partial charge in [-0.3, -0.25) is 4.79 Å². The number of aliphatic hydroxyl groups is 1. The maximum Gasteiger partial charge on any atom is 0.226 e. The number of hydrogen-bond acceptors (Lipinski definition) is 3. The molecule has 0 bridgehead atoms. The Morgan fingerprint density at radius 1 is 1.30 bits per heavy atom. The van der Waals surface area contributed by atoms with Crippen LogP contribution in [-0.4, -0.2) is 41.7 Å². The normalized spacial score (nSPS) is 14.2. The number of carbonyl (C=O) groups is 1. The first-order valence-electron chi connectivity index (χ1n) is 7.21. The molecule has 1 saturated carbocycles. The Balaban J connectivity index is 1.80. The Hall–Kier alpha value is -1.55. The van der Waals surface area contributed by atoms with Crippen LogP contribution in [0.15, 0.2) is 18.2 Å². The number of aliphatic hydroxyl groups excluding tert-OH is 1. The third-order valence-corrected chi connectivity index (χ3v) is 3.43. The first kappa shape index (κ1) is 14.9. The molecule has 0 aromatic heterocycles. The van der Waals surface area contributed by atoms with E-state index in [1.807, 2.05) is 26.0 Å². The number of hydrogen-bond donors (Lipinski definition) is 1. The molecule has 1 aliphatic rings. The lowest BCUT2D eigenvalue weighted by Crippen LogP contribution is -2.36. The zero-order valence-electron chi connectivity index (χ0n) is 12.3. The lowest BCUT2D eigenvalue weighted by atomic mass is 10.1. The minimum absolute atomic E-state index is 0.0279. The number of ether oxygens (including phenoxy) is 1. The largest absolute Gasteiger partial charge is 0.493 e. The van der Waals surface area contributed by atoms with E-state index in [1.54, 1.807) is 4.90 Å². The van der Waals surface area contributed by atoms with Crippen LogP contribution in [0, 0.1) is 13.8 Å². The standard InChI is InChI=1S/C16H23NO3/c1-12-9-13(2)11-15(10-12)20-8-5-16(19)17(6-7-18)14-3-4-14/h9-11,14,18H,3-8H2,1-2H3. The van der Waals surface area contributed by atoms with Gasteiger partial charge in [0.15, 0.2) is 0 Å². The van der Waals surface area contributed by atoms with Gasteiger partial charge in [0.05, 0.1) is 19.6 Å². The van der Waals surface area contributed by atoms with Crippen LogP contribution >= 0.6 is 0 Å². The van der Waals surface area contributed by atoms with Crippen LogP contribution in [0.5, 0.6) is 5.75 Å². The summed E-state index contributed by atoms with van der Waals surface area (Å²) in [4.78, 5) is 13.9. The van der Waals surface area contributed by atoms with Gasteiger partial charge in [-0.05, 0) is 49.9 Å². The topological polar surface area (TPSA) is 49.8 Å². The van der Waals surface area contributed by atoms with Crippen molar-refractivity contribution in [1.29, 1.82) is 0 Å². The molecule has 0 radical (unpaired) electrons. The van der Waals surface area contributed by atoms with Crippen molar-refractivity contribution >= 4 is 5.91 Å². The van der Waals surface area contributed by atoms with Gasteiger partial charge in [-0.25, -0.2) is 0 Å². The summed E-state index contributed by atoms with van der Waals surface area (Å²) in [5.74, 6) is 0.890. The summed E-state index contributed by atoms with van der Waals surface area (Å²) in [6, 6.07) is 6.39. The van der Waals surface area contributed by atoms with E-state index >= 15 is 0 Å². The molecule has 0 spiro atoms. The fourth-order valence-electron chi connectivity index (χ4n) is 2.42. The molecule has 1 aliphatic carbocycles. The molecule has 4 heteroatoms. The minimum atomic E-state index is 0.0279. The van der Waals surface area contributed by atoms with E-state index in [0.29, 0.717) is 25.6 Å². The van der Waals surface area contributed by atoms with Crippen LogP contribution in [0.3, 0.4) is 0 Å². The highest BCUT2D eigenvalue weighted by Crippen LogP contribution is 2.27. The summed E-state index contributed by atoms with van der Waals surface area (Å²) < 4.78 is 5.66. The smallest absolute Gasteiger partial charge is 0.226 e. The Morgan fingerprint density at radius 3 is 2.50 bits per heavy atom. The number of benzene rings is 1. The molecule has 0 unspecified atom stereocenters. The van der Waals surface area contributed by atoms with Gasteiger partial charge in [-0.15, -0.1) is 0 Å². The van der Waals surface area contributed by atoms with Gasteiger partial charge in [0.1, 0.15) is 5.75 Å². The zero-order chi connectivity index (χ0) is 14.5. The highest BCUT2D eigenvalue weighted by Gasteiger charge is 2.31. The monoisotopic (exact) mass is 277 g/mol. The van der Waals surface area contributed by atoms with Gasteiger partial charge in [-0.1, -0.05) is 6.07 Å². The summed E-state index contributed by atoms with van der Waals surface area (Å²) in [7, 11) is 0. The van der Waals surface area contributed by atoms with Gasteiger partial charge < -0.3 is 14.7 Å². The van der Waals surface area contributed by atoms with Gasteiger partial charge in [0, 0.05) is 12.6 Å². The number of nitrogens with zero attached hydrogens (tertiary/aromatic N) is 1. The molecule has 0 saturated heterocycles. The molecule has 0 aliphatic heterocycles. The molecule has 4 nitrogen and oxygen atoms in total. The second-order valence-corrected chi connectivity index (χ2v) is 5.46. The molecule has 20 heavy (non-hydrogen) atoms. The van der Waals surface area contributed by atoms with Crippen molar-refractivity contribution in [1.82, 2.24) is 4.90 Å². The molecule has 1 amide bonds. The van der Waals surface area contributed by atoms with Gasteiger partial charge >= 0.3 is 0 Å². The first-order valence-corrected chi connectivity index (χ1v) is 7.21. The van der Waals surface area contributed by atoms with Gasteiger partial charge in [-0.2, -0.15) is 0 Å². The van der Waals surface area contributed by atoms with Crippen molar-refractivity contribution in [2.45, 2.75) is 39.2 Å². The van der Waals surface area contributed by atoms with Gasteiger partial charge in [0.25, 0.3) is 0 Å². The molecular formula is C16H23NO3. The summed E-state index contributed by atoms with van der Waals surface area (Å²) >= 11 is 0. The molecule has 1 fully saturated rings. The van der Waals surface area contributed by atoms with Crippen LogP contribution in [0.4, 0.5) is 0 Å². The van der Waals surface area contributed by atoms with Crippen LogP contribution in [0.1, 0.15) is 30.4 Å². The van der Waals surface area contributed by atoms with E-state index < -0.39 is 0 Å². The number of aryl methyl sites for hydroxylation is 2. The Labute approximate surface area is 120 Å². The third-order valence-electron chi connectivity index (χ3n) is 3.43. The highest BCUT2D eigenvalue weighted by molar-refractivity contribution is 5.77. The Bertz CT molecular complexity index is 449. The summed E-state index contributed by atoms with van der Waals surface area (Å²) in [6.07, 6.45) is 2.48. The van der Waals surface area contributed by atoms with Crippen molar-refractivity contribution in [3.8, 4) is 5.75 Å². The van der Waals surface area contributed by atoms with Crippen molar-refractivity contribution in [2.75, 3.05) is 19.8 Å². The maximum atomic E-state index is 12.1. The lowest BCUT2D eigenvalue weighted by molar-refractivity contribution is -0.132. The predicted octanol–water partition coefficient (Wildman–Crippen LogP) is 2.06. The third kappa shape index (κ3) is 4.23. The number of carbonyl (C=O) groups excluding carboxylic acids is 1. The molecular weight excluding hydrogens is 254 g/mol. The van der Waals surface area contributed by atoms with Crippen molar-refractivity contribution in [3.05, 3.63) is 29.3 Å². The molecule has 0 heterocycles. The summed E-state index contributed by atoms with van der Waals surface area (Å²) in [5, 5.41) is 9.00. The second-order valence-electron chi connectivity index (χ2n) is 5.46. The summed E-state index contributed by atoms with van der Waals surface area (Å²) in [5.41, 5.74) is 2.32. The van der Waals surface area contributed by atoms with E-state index in [4.69, 9.17) is 9.84 Å². The fraction of sp³-hybridized carbons (Fsp3) is 0.562. The zero-order valence-corrected chi connectivity index (χ0v) is 12.3. The van der Waals surface area contributed by atoms with Crippen LogP contribution in [0.25, 0.3) is 0 Å². The first-order chi connectivity index (χ1) is 9.60. The number of amides is 1. The SMILES string of the molecule is Cc1cc(C)cc(OCCC(=O)N(CCO)C2CC2)c1. The molecule has 1 aromatic carbocycles. The van der Waals surface area contributed by atoms with E-state index in [-0.39, 0.29) is 12.5 Å². The lowest BCUT2D eigenvalue weighted by Gasteiger charge is -2.21. The molecule has 0 atom stereocenters. The molecule has 1 N–H and O–H groups in total. The highest BCUT2D eigenvalue weighted by atomic mass is 16.5. The van der Waals surface area contributed by atoms with E-state index in [0.717, 1.165) is 29.7 Å². The van der Waals surface area contributed by atoms with Crippen molar-refractivity contribution in [2.24, 2.45) is 0 Å². The Morgan fingerprint density at radius 2 is 1.95 bits per heavy atom. The quantitative estimate of drug-likeness (QED) is 0.830. The molecule has 1 aromatic rings.